The van der Waals surface area contributed by atoms with Gasteiger partial charge in [0.05, 0.1) is 13.0 Å². The molecular weight excluding hydrogens is 226 g/mol. The van der Waals surface area contributed by atoms with Crippen LogP contribution in [0.15, 0.2) is 30.3 Å². The highest BCUT2D eigenvalue weighted by molar-refractivity contribution is 5.72. The third-order valence-corrected chi connectivity index (χ3v) is 2.50. The van der Waals surface area contributed by atoms with Crippen LogP contribution in [0.2, 0.25) is 0 Å². The number of hydrogen-bond donors (Lipinski definition) is 1. The Morgan fingerprint density at radius 2 is 2.06 bits per heavy atom. The van der Waals surface area contributed by atoms with Crippen LogP contribution in [0.3, 0.4) is 0 Å². The van der Waals surface area contributed by atoms with Gasteiger partial charge in [-0.15, -0.1) is 0 Å². The smallest absolute Gasteiger partial charge is 0.310 e. The molecule has 1 N–H and O–H groups in total. The summed E-state index contributed by atoms with van der Waals surface area (Å²) in [6.07, 6.45) is 5.58. The van der Waals surface area contributed by atoms with Gasteiger partial charge < -0.3 is 10.1 Å². The molecule has 18 heavy (non-hydrogen) atoms. The molecule has 3 nitrogen and oxygen atoms in total. The Morgan fingerprint density at radius 1 is 1.33 bits per heavy atom. The van der Waals surface area contributed by atoms with Crippen molar-refractivity contribution in [2.24, 2.45) is 0 Å². The minimum absolute atomic E-state index is 0.171. The summed E-state index contributed by atoms with van der Waals surface area (Å²) in [5, 5.41) is 3.09. The fourth-order valence-corrected chi connectivity index (χ4v) is 1.57. The Balaban J connectivity index is 2.47. The molecule has 0 unspecified atom stereocenters. The molecule has 1 rings (SSSR count). The molecule has 0 aromatic heterocycles. The number of esters is 1. The minimum Gasteiger partial charge on any atom is -0.466 e. The van der Waals surface area contributed by atoms with Crippen LogP contribution in [0.4, 0.5) is 0 Å². The summed E-state index contributed by atoms with van der Waals surface area (Å²) < 4.78 is 4.91. The van der Waals surface area contributed by atoms with E-state index in [0.717, 1.165) is 24.1 Å². The van der Waals surface area contributed by atoms with Crippen molar-refractivity contribution in [2.45, 2.75) is 19.8 Å². The molecule has 1 aromatic carbocycles. The van der Waals surface area contributed by atoms with E-state index in [9.17, 15) is 4.79 Å². The number of hydrogen-bond acceptors (Lipinski definition) is 3. The fourth-order valence-electron chi connectivity index (χ4n) is 1.57. The molecule has 0 saturated heterocycles. The van der Waals surface area contributed by atoms with Crippen molar-refractivity contribution >= 4 is 12.0 Å². The van der Waals surface area contributed by atoms with Crippen LogP contribution in [-0.2, 0) is 16.0 Å². The lowest BCUT2D eigenvalue weighted by molar-refractivity contribution is -0.142. The Hall–Kier alpha value is -1.61. The Labute approximate surface area is 109 Å². The molecule has 98 valence electrons. The largest absolute Gasteiger partial charge is 0.466 e. The number of benzene rings is 1. The van der Waals surface area contributed by atoms with Gasteiger partial charge in [-0.25, -0.2) is 0 Å². The zero-order valence-electron chi connectivity index (χ0n) is 11.1. The van der Waals surface area contributed by atoms with Crippen molar-refractivity contribution < 1.29 is 9.53 Å². The first-order valence-electron chi connectivity index (χ1n) is 6.32. The molecule has 0 aliphatic carbocycles. The fraction of sp³-hybridized carbons (Fsp3) is 0.400. The maximum absolute atomic E-state index is 11.3. The van der Waals surface area contributed by atoms with E-state index in [1.54, 1.807) is 0 Å². The number of nitrogens with one attached hydrogen (secondary N) is 1. The first kappa shape index (κ1) is 14.5. The standard InChI is InChI=1S/C15H21NO2/c1-3-18-15(17)12-14-9-7-13(8-10-14)6-4-5-11-16-2/h4,6-10,16H,3,5,11-12H2,1-2H3. The van der Waals surface area contributed by atoms with Crippen molar-refractivity contribution in [2.75, 3.05) is 20.2 Å². The molecule has 3 heteroatoms. The summed E-state index contributed by atoms with van der Waals surface area (Å²) in [6.45, 7) is 3.24. The molecule has 0 spiro atoms. The topological polar surface area (TPSA) is 38.3 Å². The van der Waals surface area contributed by atoms with E-state index in [2.05, 4.69) is 17.5 Å². The van der Waals surface area contributed by atoms with Gasteiger partial charge in [0.15, 0.2) is 0 Å². The number of ether oxygens (including phenoxy) is 1. The van der Waals surface area contributed by atoms with Crippen molar-refractivity contribution in [1.29, 1.82) is 0 Å². The summed E-state index contributed by atoms with van der Waals surface area (Å²) in [5.41, 5.74) is 2.14. The quantitative estimate of drug-likeness (QED) is 0.594. The third-order valence-electron chi connectivity index (χ3n) is 2.50. The zero-order chi connectivity index (χ0) is 13.2. The molecule has 0 aliphatic heterocycles. The lowest BCUT2D eigenvalue weighted by Crippen LogP contribution is -2.07. The summed E-state index contributed by atoms with van der Waals surface area (Å²) >= 11 is 0. The third kappa shape index (κ3) is 5.64. The maximum Gasteiger partial charge on any atom is 0.310 e. The van der Waals surface area contributed by atoms with Crippen LogP contribution in [0, 0.1) is 0 Å². The molecule has 0 atom stereocenters. The van der Waals surface area contributed by atoms with E-state index < -0.39 is 0 Å². The second-order valence-corrected chi connectivity index (χ2v) is 4.02. The SMILES string of the molecule is CCOC(=O)Cc1ccc(C=CCCNC)cc1. The molecule has 0 radical (unpaired) electrons. The van der Waals surface area contributed by atoms with Crippen molar-refractivity contribution in [1.82, 2.24) is 5.32 Å². The Bertz CT molecular complexity index is 382. The van der Waals surface area contributed by atoms with Gasteiger partial charge in [-0.3, -0.25) is 4.79 Å². The minimum atomic E-state index is -0.171. The average Bonchev–Trinajstić information content (AvgIpc) is 2.37. The van der Waals surface area contributed by atoms with E-state index in [-0.39, 0.29) is 5.97 Å². The Morgan fingerprint density at radius 3 is 2.67 bits per heavy atom. The molecule has 0 amide bonds. The first-order valence-corrected chi connectivity index (χ1v) is 6.32. The van der Waals surface area contributed by atoms with Crippen LogP contribution in [-0.4, -0.2) is 26.2 Å². The molecule has 0 heterocycles. The number of rotatable bonds is 7. The second kappa shape index (κ2) is 8.48. The molecule has 0 aliphatic rings. The van der Waals surface area contributed by atoms with Crippen molar-refractivity contribution in [3.05, 3.63) is 41.5 Å². The Kier molecular flexibility index (Phi) is 6.81. The van der Waals surface area contributed by atoms with E-state index in [1.165, 1.54) is 0 Å². The van der Waals surface area contributed by atoms with E-state index >= 15 is 0 Å². The van der Waals surface area contributed by atoms with Crippen LogP contribution in [0.25, 0.3) is 6.08 Å². The highest BCUT2D eigenvalue weighted by Crippen LogP contribution is 2.08. The van der Waals surface area contributed by atoms with E-state index in [0.29, 0.717) is 13.0 Å². The molecular formula is C15H21NO2. The highest BCUT2D eigenvalue weighted by atomic mass is 16.5. The summed E-state index contributed by atoms with van der Waals surface area (Å²) in [5.74, 6) is -0.171. The van der Waals surface area contributed by atoms with Gasteiger partial charge in [0.1, 0.15) is 0 Å². The first-order chi connectivity index (χ1) is 8.76. The van der Waals surface area contributed by atoms with Gasteiger partial charge in [-0.05, 0) is 38.1 Å². The molecule has 0 saturated carbocycles. The van der Waals surface area contributed by atoms with Gasteiger partial charge in [0, 0.05) is 0 Å². The molecule has 0 fully saturated rings. The summed E-state index contributed by atoms with van der Waals surface area (Å²) in [4.78, 5) is 11.3. The molecule has 1 aromatic rings. The number of carbonyl (C=O) groups excluding carboxylic acids is 1. The second-order valence-electron chi connectivity index (χ2n) is 4.02. The lowest BCUT2D eigenvalue weighted by Gasteiger charge is -2.02. The van der Waals surface area contributed by atoms with Gasteiger partial charge in [0.2, 0.25) is 0 Å². The molecule has 0 bridgehead atoms. The maximum atomic E-state index is 11.3. The summed E-state index contributed by atoms with van der Waals surface area (Å²) in [6, 6.07) is 7.97. The normalized spacial score (nSPS) is 10.8. The predicted octanol–water partition coefficient (Wildman–Crippen LogP) is 2.41. The lowest BCUT2D eigenvalue weighted by atomic mass is 10.1. The van der Waals surface area contributed by atoms with Crippen LogP contribution in [0.1, 0.15) is 24.5 Å². The summed E-state index contributed by atoms with van der Waals surface area (Å²) in [7, 11) is 1.94. The monoisotopic (exact) mass is 247 g/mol. The highest BCUT2D eigenvalue weighted by Gasteiger charge is 2.02. The van der Waals surface area contributed by atoms with Gasteiger partial charge in [0.25, 0.3) is 0 Å². The van der Waals surface area contributed by atoms with E-state index in [4.69, 9.17) is 4.74 Å². The zero-order valence-corrected chi connectivity index (χ0v) is 11.1. The van der Waals surface area contributed by atoms with Crippen LogP contribution in [0.5, 0.6) is 0 Å². The number of carbonyl (C=O) groups is 1. The van der Waals surface area contributed by atoms with E-state index in [1.807, 2.05) is 38.2 Å². The van der Waals surface area contributed by atoms with Gasteiger partial charge >= 0.3 is 5.97 Å². The predicted molar refractivity (Wildman–Crippen MR) is 74.4 cm³/mol. The van der Waals surface area contributed by atoms with Crippen molar-refractivity contribution in [3.8, 4) is 0 Å². The van der Waals surface area contributed by atoms with Crippen LogP contribution < -0.4 is 5.32 Å². The van der Waals surface area contributed by atoms with Gasteiger partial charge in [-0.1, -0.05) is 36.4 Å². The van der Waals surface area contributed by atoms with Crippen LogP contribution >= 0.6 is 0 Å². The van der Waals surface area contributed by atoms with Gasteiger partial charge in [-0.2, -0.15) is 0 Å². The average molecular weight is 247 g/mol. The van der Waals surface area contributed by atoms with Crippen molar-refractivity contribution in [3.63, 3.8) is 0 Å².